The predicted molar refractivity (Wildman–Crippen MR) is 132 cm³/mol. The maximum atomic E-state index is 13.5. The monoisotopic (exact) mass is 464 g/mol. The van der Waals surface area contributed by atoms with E-state index < -0.39 is 0 Å². The summed E-state index contributed by atoms with van der Waals surface area (Å²) in [6, 6.07) is 17.4. The van der Waals surface area contributed by atoms with Gasteiger partial charge in [-0.2, -0.15) is 0 Å². The third-order valence-electron chi connectivity index (χ3n) is 8.47. The zero-order valence-electron chi connectivity index (χ0n) is 20.3. The summed E-state index contributed by atoms with van der Waals surface area (Å²) in [5.41, 5.74) is 2.27. The second-order valence-electron chi connectivity index (χ2n) is 11.1. The third-order valence-corrected chi connectivity index (χ3v) is 8.47. The highest BCUT2D eigenvalue weighted by atomic mass is 19.1. The molecule has 1 amide bonds. The number of ether oxygens (including phenoxy) is 1. The molecule has 1 atom stereocenters. The lowest BCUT2D eigenvalue weighted by atomic mass is 9.74. The molecule has 0 aromatic heterocycles. The van der Waals surface area contributed by atoms with Crippen LogP contribution in [0.15, 0.2) is 54.6 Å². The molecule has 0 aliphatic carbocycles. The molecule has 3 heterocycles. The molecule has 0 bridgehead atoms. The Morgan fingerprint density at radius 3 is 2.38 bits per heavy atom. The van der Waals surface area contributed by atoms with Gasteiger partial charge in [0.05, 0.1) is 12.7 Å². The first-order valence-electron chi connectivity index (χ1n) is 12.8. The van der Waals surface area contributed by atoms with Gasteiger partial charge in [0.2, 0.25) is 5.91 Å². The topological polar surface area (TPSA) is 32.8 Å². The molecule has 0 N–H and O–H groups in total. The van der Waals surface area contributed by atoms with Crippen molar-refractivity contribution in [2.75, 3.05) is 32.8 Å². The van der Waals surface area contributed by atoms with Gasteiger partial charge in [-0.15, -0.1) is 0 Å². The molecule has 1 spiro atoms. The number of hydrogen-bond acceptors (Lipinski definition) is 3. The molecule has 2 aromatic rings. The van der Waals surface area contributed by atoms with Crippen molar-refractivity contribution in [3.63, 3.8) is 0 Å². The first-order valence-corrected chi connectivity index (χ1v) is 12.8. The Hall–Kier alpha value is -2.24. The standard InChI is InChI=1S/C29H37FN2O2/c1-28(10-14-31(15-11-28)21-23-6-3-2-4-7-23)27(33)32-16-12-29(13-17-32)20-26(34-22-29)19-24-8-5-9-25(30)18-24/h2-9,18,26H,10-17,19-22H2,1H3/t26-/m1/s1. The van der Waals surface area contributed by atoms with Crippen LogP contribution in [0.25, 0.3) is 0 Å². The van der Waals surface area contributed by atoms with Crippen LogP contribution in [0.4, 0.5) is 4.39 Å². The van der Waals surface area contributed by atoms with Gasteiger partial charge >= 0.3 is 0 Å². The lowest BCUT2D eigenvalue weighted by Crippen LogP contribution is -2.52. The summed E-state index contributed by atoms with van der Waals surface area (Å²) in [6.07, 6.45) is 5.80. The smallest absolute Gasteiger partial charge is 0.228 e. The number of piperidine rings is 2. The average molecular weight is 465 g/mol. The van der Waals surface area contributed by atoms with Crippen molar-refractivity contribution in [1.29, 1.82) is 0 Å². The fourth-order valence-corrected chi connectivity index (χ4v) is 6.13. The normalized spacial score (nSPS) is 24.4. The van der Waals surface area contributed by atoms with Crippen LogP contribution in [-0.4, -0.2) is 54.6 Å². The highest BCUT2D eigenvalue weighted by Gasteiger charge is 2.46. The van der Waals surface area contributed by atoms with Crippen LogP contribution < -0.4 is 0 Å². The van der Waals surface area contributed by atoms with E-state index >= 15 is 0 Å². The minimum atomic E-state index is -0.246. The van der Waals surface area contributed by atoms with Gasteiger partial charge in [0.25, 0.3) is 0 Å². The van der Waals surface area contributed by atoms with Gasteiger partial charge in [-0.1, -0.05) is 49.4 Å². The van der Waals surface area contributed by atoms with Gasteiger partial charge in [-0.05, 0) is 80.3 Å². The van der Waals surface area contributed by atoms with Crippen LogP contribution in [0.2, 0.25) is 0 Å². The van der Waals surface area contributed by atoms with Gasteiger partial charge in [0.15, 0.2) is 0 Å². The van der Waals surface area contributed by atoms with E-state index in [1.54, 1.807) is 12.1 Å². The summed E-state index contributed by atoms with van der Waals surface area (Å²) in [7, 11) is 0. The number of amides is 1. The van der Waals surface area contributed by atoms with Crippen molar-refractivity contribution < 1.29 is 13.9 Å². The van der Waals surface area contributed by atoms with Crippen molar-refractivity contribution in [3.05, 3.63) is 71.5 Å². The highest BCUT2D eigenvalue weighted by molar-refractivity contribution is 5.82. The number of nitrogens with zero attached hydrogens (tertiary/aromatic N) is 2. The number of carbonyl (C=O) groups is 1. The zero-order valence-corrected chi connectivity index (χ0v) is 20.3. The fraction of sp³-hybridized carbons (Fsp3) is 0.552. The summed E-state index contributed by atoms with van der Waals surface area (Å²) >= 11 is 0. The van der Waals surface area contributed by atoms with Crippen molar-refractivity contribution in [3.8, 4) is 0 Å². The average Bonchev–Trinajstić information content (AvgIpc) is 3.23. The van der Waals surface area contributed by atoms with E-state index in [-0.39, 0.29) is 22.8 Å². The van der Waals surface area contributed by atoms with E-state index in [1.165, 1.54) is 11.6 Å². The lowest BCUT2D eigenvalue weighted by molar-refractivity contribution is -0.146. The van der Waals surface area contributed by atoms with Crippen molar-refractivity contribution in [2.24, 2.45) is 10.8 Å². The molecule has 4 nitrogen and oxygen atoms in total. The minimum Gasteiger partial charge on any atom is -0.377 e. The fourth-order valence-electron chi connectivity index (χ4n) is 6.13. The Labute approximate surface area is 203 Å². The number of rotatable bonds is 5. The largest absolute Gasteiger partial charge is 0.377 e. The molecule has 2 aromatic carbocycles. The molecule has 3 aliphatic heterocycles. The molecule has 0 unspecified atom stereocenters. The lowest BCUT2D eigenvalue weighted by Gasteiger charge is -2.44. The van der Waals surface area contributed by atoms with Gasteiger partial charge in [-0.3, -0.25) is 9.69 Å². The maximum Gasteiger partial charge on any atom is 0.228 e. The Bertz CT molecular complexity index is 979. The molecule has 0 radical (unpaired) electrons. The van der Waals surface area contributed by atoms with Crippen LogP contribution >= 0.6 is 0 Å². The summed E-state index contributed by atoms with van der Waals surface area (Å²) in [5, 5.41) is 0. The Balaban J connectivity index is 1.10. The number of likely N-dealkylation sites (tertiary alicyclic amines) is 2. The molecular formula is C29H37FN2O2. The van der Waals surface area contributed by atoms with Crippen molar-refractivity contribution in [2.45, 2.75) is 58.1 Å². The first-order chi connectivity index (χ1) is 16.4. The molecule has 3 aliphatic rings. The van der Waals surface area contributed by atoms with Crippen LogP contribution in [0.1, 0.15) is 50.2 Å². The van der Waals surface area contributed by atoms with Crippen molar-refractivity contribution >= 4 is 5.91 Å². The van der Waals surface area contributed by atoms with E-state index in [4.69, 9.17) is 4.74 Å². The van der Waals surface area contributed by atoms with E-state index in [0.717, 1.165) is 83.4 Å². The zero-order chi connectivity index (χ0) is 23.6. The molecule has 34 heavy (non-hydrogen) atoms. The second kappa shape index (κ2) is 9.79. The number of carbonyl (C=O) groups excluding carboxylic acids is 1. The van der Waals surface area contributed by atoms with Crippen LogP contribution in [0.3, 0.4) is 0 Å². The maximum absolute atomic E-state index is 13.5. The highest BCUT2D eigenvalue weighted by Crippen LogP contribution is 2.44. The number of halogens is 1. The van der Waals surface area contributed by atoms with Gasteiger partial charge < -0.3 is 9.64 Å². The minimum absolute atomic E-state index is 0.149. The molecule has 0 saturated carbocycles. The molecule has 3 fully saturated rings. The van der Waals surface area contributed by atoms with Crippen LogP contribution in [-0.2, 0) is 22.5 Å². The second-order valence-corrected chi connectivity index (χ2v) is 11.1. The number of benzene rings is 2. The SMILES string of the molecule is CC1(C(=O)N2CCC3(CC2)CO[C@H](Cc2cccc(F)c2)C3)CCN(Cc2ccccc2)CC1. The summed E-state index contributed by atoms with van der Waals surface area (Å²) in [5.74, 6) is 0.161. The summed E-state index contributed by atoms with van der Waals surface area (Å²) in [4.78, 5) is 18.1. The molecule has 5 rings (SSSR count). The molecule has 182 valence electrons. The van der Waals surface area contributed by atoms with Crippen molar-refractivity contribution in [1.82, 2.24) is 9.80 Å². The quantitative estimate of drug-likeness (QED) is 0.620. The van der Waals surface area contributed by atoms with Gasteiger partial charge in [0, 0.05) is 25.0 Å². The van der Waals surface area contributed by atoms with E-state index in [2.05, 4.69) is 47.1 Å². The Morgan fingerprint density at radius 1 is 0.971 bits per heavy atom. The van der Waals surface area contributed by atoms with Gasteiger partial charge in [0.1, 0.15) is 5.82 Å². The summed E-state index contributed by atoms with van der Waals surface area (Å²) < 4.78 is 19.7. The molecule has 3 saturated heterocycles. The molecule has 5 heteroatoms. The third kappa shape index (κ3) is 5.21. The summed E-state index contributed by atoms with van der Waals surface area (Å²) in [6.45, 7) is 7.52. The molecular weight excluding hydrogens is 427 g/mol. The Morgan fingerprint density at radius 2 is 1.68 bits per heavy atom. The van der Waals surface area contributed by atoms with Crippen LogP contribution in [0, 0.1) is 16.6 Å². The van der Waals surface area contributed by atoms with E-state index in [9.17, 15) is 9.18 Å². The Kier molecular flexibility index (Phi) is 6.76. The van der Waals surface area contributed by atoms with E-state index in [1.807, 2.05) is 6.07 Å². The number of hydrogen-bond donors (Lipinski definition) is 0. The predicted octanol–water partition coefficient (Wildman–Crippen LogP) is 5.07. The van der Waals surface area contributed by atoms with Crippen LogP contribution in [0.5, 0.6) is 0 Å². The van der Waals surface area contributed by atoms with Gasteiger partial charge in [-0.25, -0.2) is 4.39 Å². The van der Waals surface area contributed by atoms with E-state index in [0.29, 0.717) is 5.91 Å². The first kappa shape index (κ1) is 23.5.